The van der Waals surface area contributed by atoms with Crippen LogP contribution in [0.2, 0.25) is 0 Å². The van der Waals surface area contributed by atoms with E-state index in [9.17, 15) is 14.4 Å². The zero-order chi connectivity index (χ0) is 20.7. The van der Waals surface area contributed by atoms with E-state index in [1.165, 1.54) is 25.9 Å². The number of amides is 2. The molecule has 0 aliphatic heterocycles. The Kier molecular flexibility index (Phi) is 7.14. The van der Waals surface area contributed by atoms with Crippen LogP contribution >= 0.6 is 0 Å². The number of nitrogens with one attached hydrogen (secondary N) is 1. The van der Waals surface area contributed by atoms with E-state index in [4.69, 9.17) is 9.47 Å². The number of methoxy groups -OCH3 is 2. The summed E-state index contributed by atoms with van der Waals surface area (Å²) >= 11 is 0. The first-order valence-corrected chi connectivity index (χ1v) is 8.76. The highest BCUT2D eigenvalue weighted by atomic mass is 16.5. The number of benzene rings is 2. The predicted molar refractivity (Wildman–Crippen MR) is 107 cm³/mol. The predicted octanol–water partition coefficient (Wildman–Crippen LogP) is 3.29. The van der Waals surface area contributed by atoms with Crippen LogP contribution in [-0.2, 0) is 9.59 Å². The van der Waals surface area contributed by atoms with E-state index in [2.05, 4.69) is 5.32 Å². The number of carbonyl (C=O) groups excluding carboxylic acids is 3. The third kappa shape index (κ3) is 5.33. The van der Waals surface area contributed by atoms with Crippen LogP contribution in [0.3, 0.4) is 0 Å². The van der Waals surface area contributed by atoms with Gasteiger partial charge in [0.25, 0.3) is 0 Å². The topological polar surface area (TPSA) is 84.9 Å². The van der Waals surface area contributed by atoms with Crippen molar-refractivity contribution >= 4 is 29.0 Å². The first-order valence-electron chi connectivity index (χ1n) is 8.76. The zero-order valence-electron chi connectivity index (χ0n) is 16.4. The molecular formula is C21H24N2O5. The number of hydrogen-bond acceptors (Lipinski definition) is 5. The summed E-state index contributed by atoms with van der Waals surface area (Å²) in [5.74, 6) is 0.524. The normalized spacial score (nSPS) is 10.1. The second-order valence-corrected chi connectivity index (χ2v) is 6.14. The van der Waals surface area contributed by atoms with Gasteiger partial charge < -0.3 is 19.7 Å². The van der Waals surface area contributed by atoms with Gasteiger partial charge in [0, 0.05) is 37.2 Å². The Hall–Kier alpha value is -3.35. The molecule has 2 rings (SSSR count). The molecule has 0 unspecified atom stereocenters. The Bertz CT molecular complexity index is 879. The Morgan fingerprint density at radius 2 is 1.75 bits per heavy atom. The lowest BCUT2D eigenvalue weighted by molar-refractivity contribution is -0.117. The Morgan fingerprint density at radius 1 is 1.00 bits per heavy atom. The van der Waals surface area contributed by atoms with E-state index in [1.807, 2.05) is 0 Å². The second kappa shape index (κ2) is 9.55. The molecule has 2 aromatic carbocycles. The fraction of sp³-hybridized carbons (Fsp3) is 0.286. The van der Waals surface area contributed by atoms with Gasteiger partial charge in [-0.05, 0) is 31.2 Å². The average molecular weight is 384 g/mol. The molecule has 0 atom stereocenters. The SMILES string of the molecule is COc1ccc(NC(=O)CCN(C(C)=O)c2cccc(C(C)=O)c2)c(OC)c1. The minimum Gasteiger partial charge on any atom is -0.497 e. The van der Waals surface area contributed by atoms with Gasteiger partial charge >= 0.3 is 0 Å². The van der Waals surface area contributed by atoms with Crippen molar-refractivity contribution in [2.75, 3.05) is 31.0 Å². The van der Waals surface area contributed by atoms with Crippen molar-refractivity contribution < 1.29 is 23.9 Å². The zero-order valence-corrected chi connectivity index (χ0v) is 16.4. The lowest BCUT2D eigenvalue weighted by atomic mass is 10.1. The number of nitrogens with zero attached hydrogens (tertiary/aromatic N) is 1. The molecule has 7 heteroatoms. The molecule has 0 aliphatic carbocycles. The van der Waals surface area contributed by atoms with E-state index < -0.39 is 0 Å². The molecule has 7 nitrogen and oxygen atoms in total. The molecule has 1 N–H and O–H groups in total. The number of ketones is 1. The minimum atomic E-state index is -0.266. The monoisotopic (exact) mass is 384 g/mol. The quantitative estimate of drug-likeness (QED) is 0.706. The van der Waals surface area contributed by atoms with Crippen LogP contribution < -0.4 is 19.7 Å². The van der Waals surface area contributed by atoms with Gasteiger partial charge in [0.1, 0.15) is 11.5 Å². The maximum atomic E-state index is 12.4. The molecule has 0 heterocycles. The van der Waals surface area contributed by atoms with Crippen LogP contribution in [0.4, 0.5) is 11.4 Å². The summed E-state index contributed by atoms with van der Waals surface area (Å²) in [5, 5.41) is 2.78. The first kappa shape index (κ1) is 21.0. The molecule has 2 amide bonds. The Morgan fingerprint density at radius 3 is 2.36 bits per heavy atom. The van der Waals surface area contributed by atoms with Gasteiger partial charge in [-0.15, -0.1) is 0 Å². The number of anilines is 2. The van der Waals surface area contributed by atoms with Crippen molar-refractivity contribution in [3.05, 3.63) is 48.0 Å². The lowest BCUT2D eigenvalue weighted by Crippen LogP contribution is -2.32. The van der Waals surface area contributed by atoms with E-state index >= 15 is 0 Å². The summed E-state index contributed by atoms with van der Waals surface area (Å²) in [6.45, 7) is 3.07. The fourth-order valence-electron chi connectivity index (χ4n) is 2.69. The lowest BCUT2D eigenvalue weighted by Gasteiger charge is -2.21. The molecule has 0 fully saturated rings. The molecule has 0 spiro atoms. The van der Waals surface area contributed by atoms with Crippen LogP contribution in [0.15, 0.2) is 42.5 Å². The van der Waals surface area contributed by atoms with Gasteiger partial charge in [-0.25, -0.2) is 0 Å². The van der Waals surface area contributed by atoms with Crippen molar-refractivity contribution in [2.24, 2.45) is 0 Å². The average Bonchev–Trinajstić information content (AvgIpc) is 2.68. The summed E-state index contributed by atoms with van der Waals surface area (Å²) in [6.07, 6.45) is 0.0824. The van der Waals surface area contributed by atoms with Crippen LogP contribution in [0.25, 0.3) is 0 Å². The second-order valence-electron chi connectivity index (χ2n) is 6.14. The maximum Gasteiger partial charge on any atom is 0.226 e. The van der Waals surface area contributed by atoms with Gasteiger partial charge in [-0.3, -0.25) is 14.4 Å². The molecular weight excluding hydrogens is 360 g/mol. The molecule has 0 radical (unpaired) electrons. The van der Waals surface area contributed by atoms with Crippen molar-refractivity contribution in [1.82, 2.24) is 0 Å². The summed E-state index contributed by atoms with van der Waals surface area (Å²) in [7, 11) is 3.05. The Labute approximate surface area is 164 Å². The largest absolute Gasteiger partial charge is 0.497 e. The summed E-state index contributed by atoms with van der Waals surface area (Å²) in [5.41, 5.74) is 1.60. The molecule has 0 aliphatic rings. The number of Topliss-reactive ketones (excluding diaryl/α,β-unsaturated/α-hetero) is 1. The van der Waals surface area contributed by atoms with Crippen molar-refractivity contribution in [3.8, 4) is 11.5 Å². The molecule has 0 saturated heterocycles. The van der Waals surface area contributed by atoms with Crippen LogP contribution in [0.5, 0.6) is 11.5 Å². The third-order valence-electron chi connectivity index (χ3n) is 4.19. The standard InChI is InChI=1S/C21H24N2O5/c1-14(24)16-6-5-7-17(12-16)23(15(2)25)11-10-21(26)22-19-9-8-18(27-3)13-20(19)28-4/h5-9,12-13H,10-11H2,1-4H3,(H,22,26). The highest BCUT2D eigenvalue weighted by molar-refractivity contribution is 5.98. The Balaban J connectivity index is 2.08. The van der Waals surface area contributed by atoms with Crippen LogP contribution in [-0.4, -0.2) is 38.4 Å². The van der Waals surface area contributed by atoms with E-state index in [-0.39, 0.29) is 30.6 Å². The highest BCUT2D eigenvalue weighted by Crippen LogP contribution is 2.29. The van der Waals surface area contributed by atoms with Gasteiger partial charge in [-0.1, -0.05) is 12.1 Å². The number of carbonyl (C=O) groups is 3. The van der Waals surface area contributed by atoms with Crippen molar-refractivity contribution in [2.45, 2.75) is 20.3 Å². The first-order chi connectivity index (χ1) is 13.3. The van der Waals surface area contributed by atoms with Crippen LogP contribution in [0, 0.1) is 0 Å². The maximum absolute atomic E-state index is 12.4. The molecule has 148 valence electrons. The van der Waals surface area contributed by atoms with Gasteiger partial charge in [0.2, 0.25) is 11.8 Å². The molecule has 0 bridgehead atoms. The smallest absolute Gasteiger partial charge is 0.226 e. The van der Waals surface area contributed by atoms with Gasteiger partial charge in [-0.2, -0.15) is 0 Å². The van der Waals surface area contributed by atoms with E-state index in [0.29, 0.717) is 28.4 Å². The number of rotatable bonds is 8. The van der Waals surface area contributed by atoms with Gasteiger partial charge in [0.05, 0.1) is 19.9 Å². The minimum absolute atomic E-state index is 0.0824. The van der Waals surface area contributed by atoms with E-state index in [1.54, 1.807) is 49.6 Å². The van der Waals surface area contributed by atoms with Crippen molar-refractivity contribution in [1.29, 1.82) is 0 Å². The van der Waals surface area contributed by atoms with Crippen LogP contribution in [0.1, 0.15) is 30.6 Å². The summed E-state index contributed by atoms with van der Waals surface area (Å²) < 4.78 is 10.4. The van der Waals surface area contributed by atoms with Crippen molar-refractivity contribution in [3.63, 3.8) is 0 Å². The molecule has 2 aromatic rings. The molecule has 28 heavy (non-hydrogen) atoms. The van der Waals surface area contributed by atoms with E-state index in [0.717, 1.165) is 0 Å². The third-order valence-corrected chi connectivity index (χ3v) is 4.19. The fourth-order valence-corrected chi connectivity index (χ4v) is 2.69. The number of ether oxygens (including phenoxy) is 2. The molecule has 0 saturated carbocycles. The number of hydrogen-bond donors (Lipinski definition) is 1. The molecule has 0 aromatic heterocycles. The summed E-state index contributed by atoms with van der Waals surface area (Å²) in [4.78, 5) is 37.5. The van der Waals surface area contributed by atoms with Gasteiger partial charge in [0.15, 0.2) is 5.78 Å². The highest BCUT2D eigenvalue weighted by Gasteiger charge is 2.16. The summed E-state index contributed by atoms with van der Waals surface area (Å²) in [6, 6.07) is 11.9.